The third kappa shape index (κ3) is 3.41. The first kappa shape index (κ1) is 18.3. The highest BCUT2D eigenvalue weighted by atomic mass is 16.5. The number of nitrogens with zero attached hydrogens (tertiary/aromatic N) is 3. The molecular formula is C21H23N3O4. The second kappa shape index (κ2) is 7.52. The molecule has 1 aliphatic rings. The van der Waals surface area contributed by atoms with E-state index >= 15 is 0 Å². The van der Waals surface area contributed by atoms with Gasteiger partial charge in [0.15, 0.2) is 11.5 Å². The molecule has 7 heteroatoms. The number of aromatic nitrogens is 2. The second-order valence-corrected chi connectivity index (χ2v) is 6.90. The number of phenols is 1. The largest absolute Gasteiger partial charge is 0.508 e. The molecule has 28 heavy (non-hydrogen) atoms. The lowest BCUT2D eigenvalue weighted by Crippen LogP contribution is -2.28. The Hall–Kier alpha value is -3.06. The number of hydrogen-bond acceptors (Lipinski definition) is 6. The smallest absolute Gasteiger partial charge is 0.261 e. The number of methoxy groups -OCH3 is 2. The van der Waals surface area contributed by atoms with Crippen molar-refractivity contribution in [3.8, 4) is 17.2 Å². The van der Waals surface area contributed by atoms with Crippen LogP contribution in [-0.4, -0.2) is 46.9 Å². The first-order chi connectivity index (χ1) is 13.6. The summed E-state index contributed by atoms with van der Waals surface area (Å²) >= 11 is 0. The number of aromatic hydroxyl groups is 1. The van der Waals surface area contributed by atoms with Crippen molar-refractivity contribution >= 4 is 10.9 Å². The number of benzene rings is 2. The molecule has 0 fully saturated rings. The van der Waals surface area contributed by atoms with Gasteiger partial charge >= 0.3 is 0 Å². The van der Waals surface area contributed by atoms with Crippen molar-refractivity contribution in [2.75, 3.05) is 27.3 Å². The average molecular weight is 381 g/mol. The molecule has 0 saturated carbocycles. The Morgan fingerprint density at radius 2 is 1.75 bits per heavy atom. The highest BCUT2D eigenvalue weighted by Crippen LogP contribution is 2.30. The molecule has 0 amide bonds. The summed E-state index contributed by atoms with van der Waals surface area (Å²) in [6.07, 6.45) is 0.692. The van der Waals surface area contributed by atoms with Gasteiger partial charge in [0, 0.05) is 38.7 Å². The van der Waals surface area contributed by atoms with Crippen LogP contribution in [0.1, 0.15) is 11.4 Å². The molecule has 1 aromatic heterocycles. The maximum Gasteiger partial charge on any atom is 0.261 e. The molecule has 0 saturated heterocycles. The van der Waals surface area contributed by atoms with Crippen molar-refractivity contribution in [1.29, 1.82) is 0 Å². The summed E-state index contributed by atoms with van der Waals surface area (Å²) in [6.45, 7) is 2.92. The van der Waals surface area contributed by atoms with Gasteiger partial charge in [-0.2, -0.15) is 0 Å². The fourth-order valence-corrected chi connectivity index (χ4v) is 3.64. The number of fused-ring (bicyclic) bond motifs is 2. The summed E-state index contributed by atoms with van der Waals surface area (Å²) in [7, 11) is 3.13. The van der Waals surface area contributed by atoms with Gasteiger partial charge in [-0.05, 0) is 23.8 Å². The van der Waals surface area contributed by atoms with Crippen LogP contribution in [0.4, 0.5) is 0 Å². The van der Waals surface area contributed by atoms with E-state index < -0.39 is 0 Å². The van der Waals surface area contributed by atoms with Gasteiger partial charge in [-0.25, -0.2) is 4.98 Å². The molecule has 1 N–H and O–H groups in total. The first-order valence-corrected chi connectivity index (χ1v) is 9.24. The molecule has 0 atom stereocenters. The van der Waals surface area contributed by atoms with Crippen LogP contribution in [0.3, 0.4) is 0 Å². The molecule has 4 rings (SSSR count). The minimum absolute atomic E-state index is 0.0487. The van der Waals surface area contributed by atoms with E-state index in [-0.39, 0.29) is 11.3 Å². The van der Waals surface area contributed by atoms with E-state index in [9.17, 15) is 9.90 Å². The summed E-state index contributed by atoms with van der Waals surface area (Å²) < 4.78 is 12.4. The molecule has 2 aromatic carbocycles. The molecule has 3 aromatic rings. The Balaban J connectivity index is 1.64. The third-order valence-electron chi connectivity index (χ3n) is 5.17. The predicted octanol–water partition coefficient (Wildman–Crippen LogP) is 2.18. The van der Waals surface area contributed by atoms with Crippen LogP contribution < -0.4 is 15.0 Å². The Labute approximate surface area is 162 Å². The lowest BCUT2D eigenvalue weighted by molar-refractivity contribution is 0.271. The lowest BCUT2D eigenvalue weighted by Gasteiger charge is -2.19. The molecule has 0 bridgehead atoms. The SMILES string of the molecule is COc1cc2nc3n(c(=O)c2cc1OC)CCN(Cc1ccc(O)cc1)CC3. The third-order valence-corrected chi connectivity index (χ3v) is 5.17. The van der Waals surface area contributed by atoms with E-state index in [1.807, 2.05) is 12.1 Å². The Kier molecular flexibility index (Phi) is 4.92. The van der Waals surface area contributed by atoms with Crippen LogP contribution in [0.15, 0.2) is 41.2 Å². The van der Waals surface area contributed by atoms with Crippen LogP contribution >= 0.6 is 0 Å². The van der Waals surface area contributed by atoms with Gasteiger partial charge in [0.25, 0.3) is 5.56 Å². The lowest BCUT2D eigenvalue weighted by atomic mass is 10.2. The van der Waals surface area contributed by atoms with Crippen molar-refractivity contribution in [2.24, 2.45) is 0 Å². The molecule has 0 unspecified atom stereocenters. The standard InChI is InChI=1S/C21H23N3O4/c1-27-18-11-16-17(12-19(18)28-2)22-20-7-8-23(9-10-24(20)21(16)26)13-14-3-5-15(25)6-4-14/h3-6,11-12,25H,7-10,13H2,1-2H3. The zero-order chi connectivity index (χ0) is 19.7. The Morgan fingerprint density at radius 3 is 2.46 bits per heavy atom. The van der Waals surface area contributed by atoms with Gasteiger partial charge in [0.1, 0.15) is 11.6 Å². The van der Waals surface area contributed by atoms with E-state index in [1.165, 1.54) is 0 Å². The molecule has 0 spiro atoms. The van der Waals surface area contributed by atoms with Crippen molar-refractivity contribution < 1.29 is 14.6 Å². The van der Waals surface area contributed by atoms with E-state index in [1.54, 1.807) is 43.1 Å². The average Bonchev–Trinajstić information content (AvgIpc) is 2.91. The fourth-order valence-electron chi connectivity index (χ4n) is 3.64. The highest BCUT2D eigenvalue weighted by Gasteiger charge is 2.19. The number of rotatable bonds is 4. The van der Waals surface area contributed by atoms with E-state index in [4.69, 9.17) is 14.5 Å². The van der Waals surface area contributed by atoms with Crippen LogP contribution in [0, 0.1) is 0 Å². The quantitative estimate of drug-likeness (QED) is 0.747. The second-order valence-electron chi connectivity index (χ2n) is 6.90. The van der Waals surface area contributed by atoms with Crippen molar-refractivity contribution in [2.45, 2.75) is 19.5 Å². The van der Waals surface area contributed by atoms with Gasteiger partial charge in [0.2, 0.25) is 0 Å². The molecule has 7 nitrogen and oxygen atoms in total. The summed E-state index contributed by atoms with van der Waals surface area (Å²) in [6, 6.07) is 10.7. The van der Waals surface area contributed by atoms with Gasteiger partial charge in [-0.3, -0.25) is 14.3 Å². The zero-order valence-corrected chi connectivity index (χ0v) is 16.0. The number of phenolic OH excluding ortho intramolecular Hbond substituents is 1. The minimum atomic E-state index is -0.0487. The number of hydrogen-bond donors (Lipinski definition) is 1. The van der Waals surface area contributed by atoms with Crippen molar-refractivity contribution in [1.82, 2.24) is 14.5 Å². The van der Waals surface area contributed by atoms with Gasteiger partial charge in [-0.1, -0.05) is 12.1 Å². The molecule has 0 aliphatic carbocycles. The van der Waals surface area contributed by atoms with E-state index in [2.05, 4.69) is 4.90 Å². The Morgan fingerprint density at radius 1 is 1.04 bits per heavy atom. The Bertz CT molecular complexity index is 1060. The van der Waals surface area contributed by atoms with Gasteiger partial charge in [0.05, 0.1) is 25.1 Å². The topological polar surface area (TPSA) is 76.8 Å². The van der Waals surface area contributed by atoms with Crippen molar-refractivity contribution in [3.63, 3.8) is 0 Å². The number of ether oxygens (including phenoxy) is 2. The summed E-state index contributed by atoms with van der Waals surface area (Å²) in [5.41, 5.74) is 1.71. The monoisotopic (exact) mass is 381 g/mol. The van der Waals surface area contributed by atoms with E-state index in [0.29, 0.717) is 35.4 Å². The predicted molar refractivity (Wildman–Crippen MR) is 106 cm³/mol. The van der Waals surface area contributed by atoms with Crippen molar-refractivity contribution in [3.05, 3.63) is 58.1 Å². The maximum atomic E-state index is 13.1. The van der Waals surface area contributed by atoms with E-state index in [0.717, 1.165) is 31.0 Å². The molecular weight excluding hydrogens is 358 g/mol. The van der Waals surface area contributed by atoms with Gasteiger partial charge < -0.3 is 14.6 Å². The first-order valence-electron chi connectivity index (χ1n) is 9.24. The van der Waals surface area contributed by atoms with Gasteiger partial charge in [-0.15, -0.1) is 0 Å². The molecule has 1 aliphatic heterocycles. The fraction of sp³-hybridized carbons (Fsp3) is 0.333. The summed E-state index contributed by atoms with van der Waals surface area (Å²) in [5, 5.41) is 9.98. The highest BCUT2D eigenvalue weighted by molar-refractivity contribution is 5.82. The minimum Gasteiger partial charge on any atom is -0.508 e. The molecule has 0 radical (unpaired) electrons. The van der Waals surface area contributed by atoms with Crippen LogP contribution in [0.2, 0.25) is 0 Å². The summed E-state index contributed by atoms with van der Waals surface area (Å²) in [5.74, 6) is 2.14. The van der Waals surface area contributed by atoms with Crippen LogP contribution in [0.5, 0.6) is 17.2 Å². The summed E-state index contributed by atoms with van der Waals surface area (Å²) in [4.78, 5) is 20.1. The normalized spacial score (nSPS) is 14.5. The molecule has 2 heterocycles. The molecule has 146 valence electrons. The maximum absolute atomic E-state index is 13.1. The van der Waals surface area contributed by atoms with Crippen LogP contribution in [-0.2, 0) is 19.5 Å². The zero-order valence-electron chi connectivity index (χ0n) is 16.0. The van der Waals surface area contributed by atoms with Crippen LogP contribution in [0.25, 0.3) is 10.9 Å².